The molecule has 1 aromatic rings. The third-order valence-electron chi connectivity index (χ3n) is 2.92. The van der Waals surface area contributed by atoms with Crippen LogP contribution in [0.4, 0.5) is 0 Å². The quantitative estimate of drug-likeness (QED) is 0.622. The number of hydrogen-bond acceptors (Lipinski definition) is 5. The van der Waals surface area contributed by atoms with Gasteiger partial charge in [-0.25, -0.2) is 0 Å². The highest BCUT2D eigenvalue weighted by Gasteiger charge is 2.19. The molecule has 1 aromatic carbocycles. The SMILES string of the molecule is COC(=O)CCC(N)C(=O)c1ccc(OC)cc1C. The zero-order valence-electron chi connectivity index (χ0n) is 11.4. The molecule has 0 bridgehead atoms. The van der Waals surface area contributed by atoms with Crippen molar-refractivity contribution in [3.05, 3.63) is 29.3 Å². The standard InChI is InChI=1S/C14H19NO4/c1-9-8-10(18-2)4-5-11(9)14(17)12(15)6-7-13(16)19-3/h4-5,8,12H,6-7,15H2,1-3H3. The van der Waals surface area contributed by atoms with E-state index in [2.05, 4.69) is 4.74 Å². The number of nitrogens with two attached hydrogens (primary N) is 1. The zero-order valence-corrected chi connectivity index (χ0v) is 11.4. The van der Waals surface area contributed by atoms with Crippen molar-refractivity contribution in [2.75, 3.05) is 14.2 Å². The first-order valence-electron chi connectivity index (χ1n) is 6.00. The molecule has 2 N–H and O–H groups in total. The van der Waals surface area contributed by atoms with Crippen LogP contribution in [0.1, 0.15) is 28.8 Å². The predicted molar refractivity (Wildman–Crippen MR) is 71.3 cm³/mol. The monoisotopic (exact) mass is 265 g/mol. The van der Waals surface area contributed by atoms with E-state index in [0.29, 0.717) is 11.3 Å². The van der Waals surface area contributed by atoms with Gasteiger partial charge in [-0.3, -0.25) is 9.59 Å². The number of carbonyl (C=O) groups is 2. The lowest BCUT2D eigenvalue weighted by Crippen LogP contribution is -2.31. The molecule has 5 nitrogen and oxygen atoms in total. The molecule has 19 heavy (non-hydrogen) atoms. The van der Waals surface area contributed by atoms with Gasteiger partial charge in [0.15, 0.2) is 5.78 Å². The van der Waals surface area contributed by atoms with E-state index in [1.165, 1.54) is 7.11 Å². The zero-order chi connectivity index (χ0) is 14.4. The van der Waals surface area contributed by atoms with Crippen molar-refractivity contribution >= 4 is 11.8 Å². The molecule has 0 aliphatic carbocycles. The second-order valence-electron chi connectivity index (χ2n) is 4.27. The van der Waals surface area contributed by atoms with Crippen LogP contribution in [-0.4, -0.2) is 32.0 Å². The van der Waals surface area contributed by atoms with Crippen LogP contribution < -0.4 is 10.5 Å². The fraction of sp³-hybridized carbons (Fsp3) is 0.429. The van der Waals surface area contributed by atoms with Gasteiger partial charge in [0.25, 0.3) is 0 Å². The number of aryl methyl sites for hydroxylation is 1. The Morgan fingerprint density at radius 3 is 2.53 bits per heavy atom. The largest absolute Gasteiger partial charge is 0.497 e. The summed E-state index contributed by atoms with van der Waals surface area (Å²) in [6.45, 7) is 1.82. The highest BCUT2D eigenvalue weighted by atomic mass is 16.5. The van der Waals surface area contributed by atoms with Crippen molar-refractivity contribution in [1.29, 1.82) is 0 Å². The van der Waals surface area contributed by atoms with Crippen LogP contribution in [-0.2, 0) is 9.53 Å². The van der Waals surface area contributed by atoms with Crippen LogP contribution >= 0.6 is 0 Å². The molecule has 1 atom stereocenters. The number of ketones is 1. The fourth-order valence-corrected chi connectivity index (χ4v) is 1.75. The van der Waals surface area contributed by atoms with Crippen LogP contribution in [0.3, 0.4) is 0 Å². The number of benzene rings is 1. The van der Waals surface area contributed by atoms with Crippen molar-refractivity contribution in [1.82, 2.24) is 0 Å². The number of hydrogen-bond donors (Lipinski definition) is 1. The summed E-state index contributed by atoms with van der Waals surface area (Å²) >= 11 is 0. The number of ether oxygens (including phenoxy) is 2. The van der Waals surface area contributed by atoms with Crippen molar-refractivity contribution < 1.29 is 19.1 Å². The second-order valence-corrected chi connectivity index (χ2v) is 4.27. The molecule has 0 amide bonds. The molecule has 0 aliphatic rings. The minimum absolute atomic E-state index is 0.138. The predicted octanol–water partition coefficient (Wildman–Crippen LogP) is 1.47. The lowest BCUT2D eigenvalue weighted by molar-refractivity contribution is -0.140. The average Bonchev–Trinajstić information content (AvgIpc) is 2.43. The van der Waals surface area contributed by atoms with Crippen LogP contribution in [0.25, 0.3) is 0 Å². The van der Waals surface area contributed by atoms with Crippen LogP contribution in [0.15, 0.2) is 18.2 Å². The molecule has 0 aliphatic heterocycles. The maximum absolute atomic E-state index is 12.1. The van der Waals surface area contributed by atoms with Gasteiger partial charge in [0.05, 0.1) is 20.3 Å². The number of methoxy groups -OCH3 is 2. The molecule has 0 saturated carbocycles. The first kappa shape index (κ1) is 15.2. The molecule has 0 aromatic heterocycles. The third kappa shape index (κ3) is 4.06. The Morgan fingerprint density at radius 2 is 2.00 bits per heavy atom. The van der Waals surface area contributed by atoms with E-state index in [4.69, 9.17) is 10.5 Å². The van der Waals surface area contributed by atoms with Crippen molar-refractivity contribution in [3.8, 4) is 5.75 Å². The Morgan fingerprint density at radius 1 is 1.32 bits per heavy atom. The van der Waals surface area contributed by atoms with Crippen molar-refractivity contribution in [2.24, 2.45) is 5.73 Å². The maximum atomic E-state index is 12.1. The summed E-state index contributed by atoms with van der Waals surface area (Å²) in [5, 5.41) is 0. The molecule has 0 saturated heterocycles. The van der Waals surface area contributed by atoms with Gasteiger partial charge in [0, 0.05) is 12.0 Å². The average molecular weight is 265 g/mol. The first-order valence-corrected chi connectivity index (χ1v) is 6.00. The Labute approximate surface area is 112 Å². The van der Waals surface area contributed by atoms with Gasteiger partial charge in [-0.2, -0.15) is 0 Å². The van der Waals surface area contributed by atoms with E-state index in [0.717, 1.165) is 5.56 Å². The number of Topliss-reactive ketones (excluding diaryl/α,β-unsaturated/α-hetero) is 1. The molecule has 5 heteroatoms. The Bertz CT molecular complexity index is 471. The van der Waals surface area contributed by atoms with Crippen LogP contribution in [0, 0.1) is 6.92 Å². The molecule has 1 unspecified atom stereocenters. The van der Waals surface area contributed by atoms with Gasteiger partial charge in [0.1, 0.15) is 5.75 Å². The summed E-state index contributed by atoms with van der Waals surface area (Å²) in [7, 11) is 2.88. The number of esters is 1. The van der Waals surface area contributed by atoms with E-state index >= 15 is 0 Å². The first-order chi connectivity index (χ1) is 8.99. The molecule has 104 valence electrons. The summed E-state index contributed by atoms with van der Waals surface area (Å²) in [6.07, 6.45) is 0.412. The summed E-state index contributed by atoms with van der Waals surface area (Å²) < 4.78 is 9.60. The van der Waals surface area contributed by atoms with E-state index in [9.17, 15) is 9.59 Å². The topological polar surface area (TPSA) is 78.6 Å². The van der Waals surface area contributed by atoms with Crippen molar-refractivity contribution in [3.63, 3.8) is 0 Å². The third-order valence-corrected chi connectivity index (χ3v) is 2.92. The summed E-state index contributed by atoms with van der Waals surface area (Å²) in [4.78, 5) is 23.2. The van der Waals surface area contributed by atoms with Gasteiger partial charge >= 0.3 is 5.97 Å². The summed E-state index contributed by atoms with van der Waals surface area (Å²) in [5.41, 5.74) is 7.16. The van der Waals surface area contributed by atoms with E-state index in [1.807, 2.05) is 6.92 Å². The number of rotatable bonds is 6. The van der Waals surface area contributed by atoms with Gasteiger partial charge in [-0.05, 0) is 37.1 Å². The molecule has 0 heterocycles. The van der Waals surface area contributed by atoms with Gasteiger partial charge in [-0.1, -0.05) is 0 Å². The van der Waals surface area contributed by atoms with Gasteiger partial charge < -0.3 is 15.2 Å². The minimum atomic E-state index is -0.703. The molecular weight excluding hydrogens is 246 g/mol. The normalized spacial score (nSPS) is 11.8. The van der Waals surface area contributed by atoms with Crippen LogP contribution in [0.2, 0.25) is 0 Å². The van der Waals surface area contributed by atoms with Crippen LogP contribution in [0.5, 0.6) is 5.75 Å². The number of carbonyl (C=O) groups excluding carboxylic acids is 2. The lowest BCUT2D eigenvalue weighted by atomic mass is 9.97. The smallest absolute Gasteiger partial charge is 0.305 e. The molecule has 0 radical (unpaired) electrons. The molecule has 1 rings (SSSR count). The highest BCUT2D eigenvalue weighted by molar-refractivity contribution is 6.01. The minimum Gasteiger partial charge on any atom is -0.497 e. The Kier molecular flexibility index (Phi) is 5.51. The Hall–Kier alpha value is -1.88. The highest BCUT2D eigenvalue weighted by Crippen LogP contribution is 2.18. The van der Waals surface area contributed by atoms with Gasteiger partial charge in [0.2, 0.25) is 0 Å². The maximum Gasteiger partial charge on any atom is 0.305 e. The van der Waals surface area contributed by atoms with Crippen molar-refractivity contribution in [2.45, 2.75) is 25.8 Å². The van der Waals surface area contributed by atoms with E-state index in [1.54, 1.807) is 25.3 Å². The summed E-state index contributed by atoms with van der Waals surface area (Å²) in [6, 6.07) is 4.48. The lowest BCUT2D eigenvalue weighted by Gasteiger charge is -2.12. The van der Waals surface area contributed by atoms with E-state index < -0.39 is 6.04 Å². The second kappa shape index (κ2) is 6.89. The molecular formula is C14H19NO4. The Balaban J connectivity index is 2.74. The molecule has 0 fully saturated rings. The van der Waals surface area contributed by atoms with E-state index in [-0.39, 0.29) is 24.6 Å². The van der Waals surface area contributed by atoms with Gasteiger partial charge in [-0.15, -0.1) is 0 Å². The molecule has 0 spiro atoms. The summed E-state index contributed by atoms with van der Waals surface area (Å²) in [5.74, 6) is 0.149. The fourth-order valence-electron chi connectivity index (χ4n) is 1.75.